The molecule has 2 aromatic carbocycles. The van der Waals surface area contributed by atoms with E-state index >= 15 is 0 Å². The van der Waals surface area contributed by atoms with Crippen LogP contribution in [0.15, 0.2) is 57.9 Å². The van der Waals surface area contributed by atoms with Gasteiger partial charge in [-0.3, -0.25) is 9.69 Å². The second-order valence-corrected chi connectivity index (χ2v) is 10.2. The summed E-state index contributed by atoms with van der Waals surface area (Å²) in [5.74, 6) is -0.0451. The van der Waals surface area contributed by atoms with Crippen molar-refractivity contribution < 1.29 is 13.2 Å². The van der Waals surface area contributed by atoms with Gasteiger partial charge in [0.2, 0.25) is 15.9 Å². The van der Waals surface area contributed by atoms with Crippen LogP contribution in [0.5, 0.6) is 0 Å². The van der Waals surface area contributed by atoms with E-state index in [9.17, 15) is 13.2 Å². The van der Waals surface area contributed by atoms with Crippen LogP contribution in [0.2, 0.25) is 0 Å². The molecule has 1 fully saturated rings. The normalized spacial score (nSPS) is 16.2. The minimum absolute atomic E-state index is 0.0451. The number of hydrogen-bond donors (Lipinski definition) is 1. The zero-order valence-electron chi connectivity index (χ0n) is 17.2. The molecule has 6 nitrogen and oxygen atoms in total. The van der Waals surface area contributed by atoms with E-state index in [2.05, 4.69) is 21.2 Å². The second-order valence-electron chi connectivity index (χ2n) is 7.40. The fourth-order valence-electron chi connectivity index (χ4n) is 3.62. The first-order valence-electron chi connectivity index (χ1n) is 10.2. The van der Waals surface area contributed by atoms with Gasteiger partial charge >= 0.3 is 0 Å². The molecule has 0 atom stereocenters. The summed E-state index contributed by atoms with van der Waals surface area (Å²) in [6.45, 7) is 4.81. The number of nitrogens with zero attached hydrogens (tertiary/aromatic N) is 2. The molecule has 3 rings (SSSR count). The molecular formula is C22H28BrN3O3S. The van der Waals surface area contributed by atoms with Crippen LogP contribution < -0.4 is 5.32 Å². The van der Waals surface area contributed by atoms with Gasteiger partial charge in [-0.05, 0) is 48.7 Å². The Morgan fingerprint density at radius 3 is 2.57 bits per heavy atom. The Bertz CT molecular complexity index is 967. The molecule has 1 N–H and O–H groups in total. The van der Waals surface area contributed by atoms with Gasteiger partial charge in [0.05, 0.1) is 11.4 Å². The number of aryl methyl sites for hydroxylation is 1. The number of carbonyl (C=O) groups excluding carboxylic acids is 1. The maximum Gasteiger partial charge on any atom is 0.243 e. The van der Waals surface area contributed by atoms with Gasteiger partial charge in [0, 0.05) is 30.7 Å². The third kappa shape index (κ3) is 5.91. The Kier molecular flexibility index (Phi) is 8.05. The Balaban J connectivity index is 1.58. The minimum Gasteiger partial charge on any atom is -0.351 e. The van der Waals surface area contributed by atoms with E-state index in [1.54, 1.807) is 16.4 Å². The first-order valence-corrected chi connectivity index (χ1v) is 12.4. The molecule has 1 aliphatic heterocycles. The minimum atomic E-state index is -3.56. The summed E-state index contributed by atoms with van der Waals surface area (Å²) in [6, 6.07) is 15.1. The van der Waals surface area contributed by atoms with Crippen LogP contribution in [0.1, 0.15) is 24.5 Å². The van der Waals surface area contributed by atoms with Crippen molar-refractivity contribution >= 4 is 31.9 Å². The van der Waals surface area contributed by atoms with Gasteiger partial charge in [-0.1, -0.05) is 53.2 Å². The van der Waals surface area contributed by atoms with Gasteiger partial charge in [0.25, 0.3) is 0 Å². The smallest absolute Gasteiger partial charge is 0.243 e. The molecule has 0 unspecified atom stereocenters. The van der Waals surface area contributed by atoms with Crippen LogP contribution in [0.25, 0.3) is 0 Å². The molecule has 1 aliphatic rings. The maximum atomic E-state index is 13.2. The van der Waals surface area contributed by atoms with Gasteiger partial charge in [-0.2, -0.15) is 4.31 Å². The van der Waals surface area contributed by atoms with Crippen LogP contribution in [0, 0.1) is 0 Å². The van der Waals surface area contributed by atoms with E-state index in [1.807, 2.05) is 48.2 Å². The maximum absolute atomic E-state index is 13.2. The van der Waals surface area contributed by atoms with E-state index in [0.717, 1.165) is 15.6 Å². The summed E-state index contributed by atoms with van der Waals surface area (Å²) in [6.07, 6.45) is 1.35. The lowest BCUT2D eigenvalue weighted by atomic mass is 10.2. The highest BCUT2D eigenvalue weighted by Gasteiger charge is 2.29. The second kappa shape index (κ2) is 10.5. The van der Waals surface area contributed by atoms with Crippen LogP contribution in [0.4, 0.5) is 0 Å². The number of nitrogens with one attached hydrogen (secondary N) is 1. The molecule has 0 aromatic heterocycles. The summed E-state index contributed by atoms with van der Waals surface area (Å²) in [7, 11) is -3.56. The SMILES string of the molecule is CCc1cc(Br)ccc1S(=O)(=O)N1CCCN(CC(=O)NCc2ccccc2)CC1. The van der Waals surface area contributed by atoms with E-state index in [0.29, 0.717) is 50.5 Å². The molecule has 162 valence electrons. The van der Waals surface area contributed by atoms with Crippen molar-refractivity contribution in [2.24, 2.45) is 0 Å². The highest BCUT2D eigenvalue weighted by Crippen LogP contribution is 2.25. The summed E-state index contributed by atoms with van der Waals surface area (Å²) >= 11 is 3.42. The fraction of sp³-hybridized carbons (Fsp3) is 0.409. The Labute approximate surface area is 187 Å². The standard InChI is InChI=1S/C22H28BrN3O3S/c1-2-19-15-20(23)9-10-21(19)30(28,29)26-12-6-11-25(13-14-26)17-22(27)24-16-18-7-4-3-5-8-18/h3-5,7-10,15H,2,6,11-14,16-17H2,1H3,(H,24,27). The molecule has 0 spiro atoms. The zero-order chi connectivity index (χ0) is 21.6. The highest BCUT2D eigenvalue weighted by atomic mass is 79.9. The monoisotopic (exact) mass is 493 g/mol. The van der Waals surface area contributed by atoms with Crippen LogP contribution in [-0.4, -0.2) is 56.3 Å². The number of benzene rings is 2. The molecule has 1 heterocycles. The lowest BCUT2D eigenvalue weighted by Crippen LogP contribution is -2.40. The summed E-state index contributed by atoms with van der Waals surface area (Å²) < 4.78 is 28.9. The largest absolute Gasteiger partial charge is 0.351 e. The lowest BCUT2D eigenvalue weighted by molar-refractivity contribution is -0.122. The molecule has 0 saturated carbocycles. The molecule has 1 saturated heterocycles. The Morgan fingerprint density at radius 2 is 1.83 bits per heavy atom. The molecule has 1 amide bonds. The van der Waals surface area contributed by atoms with Gasteiger partial charge in [0.15, 0.2) is 0 Å². The van der Waals surface area contributed by atoms with Crippen molar-refractivity contribution in [3.8, 4) is 0 Å². The van der Waals surface area contributed by atoms with Crippen molar-refractivity contribution in [3.63, 3.8) is 0 Å². The number of rotatable bonds is 7. The van der Waals surface area contributed by atoms with Crippen molar-refractivity contribution in [2.45, 2.75) is 31.2 Å². The van der Waals surface area contributed by atoms with Gasteiger partial charge in [0.1, 0.15) is 0 Å². The van der Waals surface area contributed by atoms with Gasteiger partial charge in [-0.15, -0.1) is 0 Å². The van der Waals surface area contributed by atoms with Crippen molar-refractivity contribution in [3.05, 3.63) is 64.1 Å². The molecule has 2 aromatic rings. The number of hydrogen-bond acceptors (Lipinski definition) is 4. The average molecular weight is 494 g/mol. The molecule has 8 heteroatoms. The summed E-state index contributed by atoms with van der Waals surface area (Å²) in [5, 5.41) is 2.94. The number of halogens is 1. The van der Waals surface area contributed by atoms with Gasteiger partial charge < -0.3 is 5.32 Å². The third-order valence-corrected chi connectivity index (χ3v) is 7.76. The van der Waals surface area contributed by atoms with Crippen molar-refractivity contribution in [2.75, 3.05) is 32.7 Å². The Hall–Kier alpha value is -1.74. The van der Waals surface area contributed by atoms with E-state index < -0.39 is 10.0 Å². The fourth-order valence-corrected chi connectivity index (χ4v) is 5.77. The molecule has 30 heavy (non-hydrogen) atoms. The molecule has 0 bridgehead atoms. The number of carbonyl (C=O) groups is 1. The quantitative estimate of drug-likeness (QED) is 0.643. The van der Waals surface area contributed by atoms with E-state index in [-0.39, 0.29) is 12.5 Å². The first-order chi connectivity index (χ1) is 14.4. The zero-order valence-corrected chi connectivity index (χ0v) is 19.6. The summed E-state index contributed by atoms with van der Waals surface area (Å²) in [5.41, 5.74) is 1.87. The van der Waals surface area contributed by atoms with Crippen LogP contribution >= 0.6 is 15.9 Å². The van der Waals surface area contributed by atoms with Crippen molar-refractivity contribution in [1.29, 1.82) is 0 Å². The lowest BCUT2D eigenvalue weighted by Gasteiger charge is -2.22. The van der Waals surface area contributed by atoms with E-state index in [4.69, 9.17) is 0 Å². The highest BCUT2D eigenvalue weighted by molar-refractivity contribution is 9.10. The number of sulfonamides is 1. The molecule has 0 aliphatic carbocycles. The molecular weight excluding hydrogens is 466 g/mol. The summed E-state index contributed by atoms with van der Waals surface area (Å²) in [4.78, 5) is 14.7. The number of amides is 1. The predicted molar refractivity (Wildman–Crippen MR) is 122 cm³/mol. The van der Waals surface area contributed by atoms with Gasteiger partial charge in [-0.25, -0.2) is 8.42 Å². The van der Waals surface area contributed by atoms with Crippen molar-refractivity contribution in [1.82, 2.24) is 14.5 Å². The van der Waals surface area contributed by atoms with Crippen LogP contribution in [0.3, 0.4) is 0 Å². The van der Waals surface area contributed by atoms with Crippen LogP contribution in [-0.2, 0) is 27.8 Å². The topological polar surface area (TPSA) is 69.7 Å². The first kappa shape index (κ1) is 22.9. The Morgan fingerprint density at radius 1 is 1.07 bits per heavy atom. The molecule has 0 radical (unpaired) electrons. The third-order valence-electron chi connectivity index (χ3n) is 5.27. The van der Waals surface area contributed by atoms with E-state index in [1.165, 1.54) is 0 Å². The average Bonchev–Trinajstić information content (AvgIpc) is 2.99. The predicted octanol–water partition coefficient (Wildman–Crippen LogP) is 3.02.